The summed E-state index contributed by atoms with van der Waals surface area (Å²) < 4.78 is 65.7. The number of hydrogen-bond acceptors (Lipinski definition) is 12. The summed E-state index contributed by atoms with van der Waals surface area (Å²) in [6.45, 7) is 1.48. The summed E-state index contributed by atoms with van der Waals surface area (Å²) in [7, 11) is -30.5. The lowest BCUT2D eigenvalue weighted by Gasteiger charge is -2.55. The van der Waals surface area contributed by atoms with Crippen molar-refractivity contribution in [2.45, 2.75) is 6.55 Å². The summed E-state index contributed by atoms with van der Waals surface area (Å²) >= 11 is 0. The molecule has 6 aromatic rings. The third kappa shape index (κ3) is 7.89. The number of rotatable bonds is 6. The molecule has 7 unspecified atom stereocenters. The summed E-state index contributed by atoms with van der Waals surface area (Å²) in [5.74, 6) is 0. The zero-order valence-corrected chi connectivity index (χ0v) is 40.1. The highest BCUT2D eigenvalue weighted by Crippen LogP contribution is 2.39. The highest BCUT2D eigenvalue weighted by molar-refractivity contribution is 7.07. The zero-order chi connectivity index (χ0) is 39.6. The summed E-state index contributed by atoms with van der Waals surface area (Å²) in [5, 5.41) is 3.07. The van der Waals surface area contributed by atoms with Crippen LogP contribution >= 0.6 is 0 Å². The molecule has 3 aliphatic rings. The molecule has 3 N–H and O–H groups in total. The lowest BCUT2D eigenvalue weighted by Crippen LogP contribution is -2.88. The van der Waals surface area contributed by atoms with Crippen LogP contribution in [0.3, 0.4) is 0 Å². The molecule has 4 bridgehead atoms. The minimum atomic E-state index is -4.79. The summed E-state index contributed by atoms with van der Waals surface area (Å²) in [6.07, 6.45) is 0. The Hall–Kier alpha value is -3.42. The fourth-order valence-electron chi connectivity index (χ4n) is 6.81. The van der Waals surface area contributed by atoms with E-state index in [-0.39, 0.29) is 0 Å². The summed E-state index contributed by atoms with van der Waals surface area (Å²) in [5.41, 5.74) is 0. The number of fused-ring (bicyclic) bond motifs is 3. The van der Waals surface area contributed by atoms with E-state index in [0.29, 0.717) is 41.6 Å². The lowest BCUT2D eigenvalue weighted by molar-refractivity contribution is 0.0470. The molecular weight excluding hydrogens is 861 g/mol. The first-order valence-corrected chi connectivity index (χ1v) is 31.5. The van der Waals surface area contributed by atoms with Crippen LogP contribution in [0, 0.1) is 0 Å². The van der Waals surface area contributed by atoms with Gasteiger partial charge in [-0.1, -0.05) is 182 Å². The van der Waals surface area contributed by atoms with Crippen LogP contribution in [0.4, 0.5) is 0 Å². The molecule has 0 aromatic heterocycles. The first kappa shape index (κ1) is 40.4. The molecule has 9 rings (SSSR count). The van der Waals surface area contributed by atoms with Crippen molar-refractivity contribution in [1.82, 2.24) is 0 Å². The molecule has 3 fully saturated rings. The second kappa shape index (κ2) is 16.3. The van der Waals surface area contributed by atoms with Crippen LogP contribution in [-0.2, 0) is 37.0 Å². The van der Waals surface area contributed by atoms with Gasteiger partial charge in [-0.2, -0.15) is 0 Å². The second-order valence-corrected chi connectivity index (χ2v) is 32.5. The Kier molecular flexibility index (Phi) is 11.6. The Morgan fingerprint density at radius 2 is 0.649 bits per heavy atom. The molecule has 6 aromatic carbocycles. The molecule has 20 heteroatoms. The molecule has 7 atom stereocenters. The van der Waals surface area contributed by atoms with Gasteiger partial charge in [-0.25, -0.2) is 0 Å². The van der Waals surface area contributed by atoms with Gasteiger partial charge in [0.2, 0.25) is 0 Å². The first-order chi connectivity index (χ1) is 27.6. The minimum Gasteiger partial charge on any atom is -0.442 e. The van der Waals surface area contributed by atoms with Gasteiger partial charge in [0.05, 0.1) is 0 Å². The summed E-state index contributed by atoms with van der Waals surface area (Å²) in [6, 6.07) is 55.1. The molecule has 3 saturated heterocycles. The molecule has 57 heavy (non-hydrogen) atoms. The van der Waals surface area contributed by atoms with Crippen LogP contribution in [0.15, 0.2) is 182 Å². The maximum absolute atomic E-state index is 13.3. The van der Waals surface area contributed by atoms with Crippen molar-refractivity contribution >= 4 is 104 Å². The zero-order valence-electron chi connectivity index (χ0n) is 30.9. The van der Waals surface area contributed by atoms with Gasteiger partial charge in [-0.15, -0.1) is 0 Å². The van der Waals surface area contributed by atoms with Gasteiger partial charge in [0.1, 0.15) is 10.5 Å². The van der Waals surface area contributed by atoms with Gasteiger partial charge in [-0.3, -0.25) is 0 Å². The molecule has 3 aliphatic heterocycles. The van der Waals surface area contributed by atoms with E-state index in [0.717, 1.165) is 0 Å². The van der Waals surface area contributed by atoms with E-state index in [1.54, 1.807) is 48.5 Å². The maximum atomic E-state index is 13.3. The van der Waals surface area contributed by atoms with Crippen LogP contribution in [0.1, 0.15) is 0 Å². The third-order valence-corrected chi connectivity index (χ3v) is 35.6. The van der Waals surface area contributed by atoms with Gasteiger partial charge in [0.25, 0.3) is 0 Å². The average Bonchev–Trinajstić information content (AvgIpc) is 3.24. The normalized spacial score (nSPS) is 32.3. The highest BCUT2D eigenvalue weighted by atomic mass is 28.6. The lowest BCUT2D eigenvalue weighted by atomic mass is 10.4. The van der Waals surface area contributed by atoms with Crippen molar-refractivity contribution in [2.24, 2.45) is 0 Å². The Balaban J connectivity index is 0.00000224. The topological polar surface area (TPSA) is 144 Å². The third-order valence-electron chi connectivity index (χ3n) is 9.24. The fourth-order valence-corrected chi connectivity index (χ4v) is 40.1. The van der Waals surface area contributed by atoms with Crippen LogP contribution in [0.5, 0.6) is 0 Å². The van der Waals surface area contributed by atoms with Crippen LogP contribution in [-0.4, -0.2) is 87.0 Å². The van der Waals surface area contributed by atoms with Crippen molar-refractivity contribution in [3.05, 3.63) is 182 Å². The molecule has 0 radical (unpaired) electrons. The van der Waals surface area contributed by atoms with Crippen LogP contribution in [0.2, 0.25) is 6.55 Å². The minimum absolute atomic E-state index is 0.306. The number of benzene rings is 6. The number of hydrogen-bond donors (Lipinski definition) is 3. The van der Waals surface area contributed by atoms with E-state index >= 15 is 0 Å². The van der Waals surface area contributed by atoms with E-state index in [4.69, 9.17) is 41.8 Å². The van der Waals surface area contributed by atoms with Gasteiger partial charge in [0.15, 0.2) is 0 Å². The SMILES string of the molecule is C[Si]1(O)O[Si]2(c3ccccc3)O[SiH](c3ccccc3)O[Si]3(c4ccccc4)O[Si](O)(c4ccccc4)O[Si](c4ccccc4)(O1)O[Si](c1ccccc1)(O2)O3.O[SiH3]. The van der Waals surface area contributed by atoms with Crippen LogP contribution < -0.4 is 31.1 Å². The van der Waals surface area contributed by atoms with Crippen molar-refractivity contribution in [3.8, 4) is 0 Å². The van der Waals surface area contributed by atoms with Gasteiger partial charge >= 0.3 is 62.1 Å². The Morgan fingerprint density at radius 3 is 1.07 bits per heavy atom. The molecule has 3 heterocycles. The fraction of sp³-hybridized carbons (Fsp3) is 0.0270. The van der Waals surface area contributed by atoms with Crippen molar-refractivity contribution < 1.29 is 51.4 Å². The first-order valence-electron chi connectivity index (χ1n) is 18.1. The van der Waals surface area contributed by atoms with Crippen molar-refractivity contribution in [2.75, 3.05) is 0 Å². The van der Waals surface area contributed by atoms with E-state index in [2.05, 4.69) is 0 Å². The van der Waals surface area contributed by atoms with Gasteiger partial charge in [0, 0.05) is 32.5 Å². The molecule has 0 amide bonds. The molecule has 12 nitrogen and oxygen atoms in total. The quantitative estimate of drug-likeness (QED) is 0.183. The predicted molar refractivity (Wildman–Crippen MR) is 230 cm³/mol. The van der Waals surface area contributed by atoms with E-state index in [9.17, 15) is 9.59 Å². The van der Waals surface area contributed by atoms with Gasteiger partial charge in [-0.05, 0) is 5.19 Å². The largest absolute Gasteiger partial charge is 0.520 e. The summed E-state index contributed by atoms with van der Waals surface area (Å²) in [4.78, 5) is 33.0. The monoisotopic (exact) mass is 900 g/mol. The average molecular weight is 901 g/mol. The van der Waals surface area contributed by atoms with Gasteiger partial charge < -0.3 is 51.4 Å². The molecule has 0 saturated carbocycles. The van der Waals surface area contributed by atoms with Crippen molar-refractivity contribution in [3.63, 3.8) is 0 Å². The Bertz CT molecular complexity index is 2250. The Labute approximate surface area is 341 Å². The van der Waals surface area contributed by atoms with E-state index in [1.807, 2.05) is 133 Å². The second-order valence-electron chi connectivity index (χ2n) is 13.2. The molecule has 292 valence electrons. The maximum Gasteiger partial charge on any atom is 0.520 e. The highest BCUT2D eigenvalue weighted by Gasteiger charge is 2.77. The van der Waals surface area contributed by atoms with Crippen LogP contribution in [0.25, 0.3) is 0 Å². The molecule has 0 aliphatic carbocycles. The van der Waals surface area contributed by atoms with E-state index in [1.165, 1.54) is 6.55 Å². The predicted octanol–water partition coefficient (Wildman–Crippen LogP) is -0.653. The van der Waals surface area contributed by atoms with E-state index < -0.39 is 62.1 Å². The molecule has 0 spiro atoms. The van der Waals surface area contributed by atoms with Crippen molar-refractivity contribution in [1.29, 1.82) is 0 Å². The Morgan fingerprint density at radius 1 is 0.368 bits per heavy atom. The standard InChI is InChI=1S/C37H36O11Si7.H4OSi/c1-50(38)42-52(34-24-12-4-13-25-34)40-49(32-20-8-2-9-21-32)41-53(35-26-14-5-15-27-35)44-51(39,33-22-10-3-11-23-33)45-54(43-50,36-28-16-6-17-29-36)48-55(46-52,47-53)37-30-18-7-19-31-37;1-2/h2-31,38-39,49H,1H3;1H,2H3. The molecular formula is C37H40O12Si8. The smallest absolute Gasteiger partial charge is 0.442 e.